The third-order valence-electron chi connectivity index (χ3n) is 2.31. The molecule has 0 radical (unpaired) electrons. The van der Waals surface area contributed by atoms with Crippen LogP contribution in [0.15, 0.2) is 36.7 Å². The molecule has 0 N–H and O–H groups in total. The predicted octanol–water partition coefficient (Wildman–Crippen LogP) is 2.24. The SMILES string of the molecule is N#Cc1c[n+](CCCl)cc2ccccc12. The van der Waals surface area contributed by atoms with E-state index in [-0.39, 0.29) is 0 Å². The highest BCUT2D eigenvalue weighted by atomic mass is 35.5. The molecule has 1 heterocycles. The number of nitrogens with zero attached hydrogens (tertiary/aromatic N) is 2. The summed E-state index contributed by atoms with van der Waals surface area (Å²) >= 11 is 5.68. The Morgan fingerprint density at radius 3 is 2.80 bits per heavy atom. The topological polar surface area (TPSA) is 27.7 Å². The summed E-state index contributed by atoms with van der Waals surface area (Å²) in [5.74, 6) is 0.549. The molecule has 2 nitrogen and oxygen atoms in total. The number of hydrogen-bond acceptors (Lipinski definition) is 1. The minimum absolute atomic E-state index is 0.549. The standard InChI is InChI=1S/C12H10ClN2/c13-5-6-15-8-10-3-1-2-4-12(10)11(7-14)9-15/h1-4,8-9H,5-6H2/q+1. The van der Waals surface area contributed by atoms with Crippen molar-refractivity contribution < 1.29 is 4.57 Å². The third-order valence-corrected chi connectivity index (χ3v) is 2.48. The second kappa shape index (κ2) is 4.29. The van der Waals surface area contributed by atoms with Gasteiger partial charge in [0.05, 0.1) is 5.88 Å². The van der Waals surface area contributed by atoms with Gasteiger partial charge in [-0.3, -0.25) is 0 Å². The van der Waals surface area contributed by atoms with Gasteiger partial charge >= 0.3 is 0 Å². The van der Waals surface area contributed by atoms with Gasteiger partial charge in [0.15, 0.2) is 18.9 Å². The monoisotopic (exact) mass is 217 g/mol. The van der Waals surface area contributed by atoms with Crippen LogP contribution in [0.5, 0.6) is 0 Å². The fourth-order valence-electron chi connectivity index (χ4n) is 1.62. The van der Waals surface area contributed by atoms with Crippen molar-refractivity contribution in [2.75, 3.05) is 5.88 Å². The highest BCUT2D eigenvalue weighted by Crippen LogP contribution is 2.14. The Bertz CT molecular complexity index is 529. The summed E-state index contributed by atoms with van der Waals surface area (Å²) in [4.78, 5) is 0. The first kappa shape index (κ1) is 9.95. The third kappa shape index (κ3) is 1.93. The maximum atomic E-state index is 9.03. The summed E-state index contributed by atoms with van der Waals surface area (Å²) in [6.07, 6.45) is 3.85. The van der Waals surface area contributed by atoms with Crippen LogP contribution in [0, 0.1) is 11.3 Å². The number of nitriles is 1. The molecule has 0 saturated carbocycles. The molecule has 0 aliphatic carbocycles. The van der Waals surface area contributed by atoms with Crippen LogP contribution in [-0.4, -0.2) is 5.88 Å². The Labute approximate surface area is 93.3 Å². The van der Waals surface area contributed by atoms with Gasteiger partial charge in [-0.1, -0.05) is 18.2 Å². The van der Waals surface area contributed by atoms with Crippen LogP contribution in [0.1, 0.15) is 5.56 Å². The van der Waals surface area contributed by atoms with Gasteiger partial charge < -0.3 is 0 Å². The van der Waals surface area contributed by atoms with Crippen molar-refractivity contribution in [3.63, 3.8) is 0 Å². The predicted molar refractivity (Wildman–Crippen MR) is 59.6 cm³/mol. The number of pyridine rings is 1. The molecule has 0 amide bonds. The molecule has 0 saturated heterocycles. The van der Waals surface area contributed by atoms with E-state index in [0.29, 0.717) is 11.4 Å². The molecule has 0 atom stereocenters. The molecule has 0 aliphatic rings. The zero-order valence-electron chi connectivity index (χ0n) is 8.15. The Balaban J connectivity index is 2.67. The number of alkyl halides is 1. The lowest BCUT2D eigenvalue weighted by atomic mass is 10.1. The highest BCUT2D eigenvalue weighted by molar-refractivity contribution is 6.17. The molecule has 0 bridgehead atoms. The largest absolute Gasteiger partial charge is 0.202 e. The highest BCUT2D eigenvalue weighted by Gasteiger charge is 2.08. The fraction of sp³-hybridized carbons (Fsp3) is 0.167. The van der Waals surface area contributed by atoms with Crippen LogP contribution >= 0.6 is 11.6 Å². The first-order valence-corrected chi connectivity index (χ1v) is 5.26. The molecule has 0 unspecified atom stereocenters. The van der Waals surface area contributed by atoms with E-state index in [1.165, 1.54) is 0 Å². The van der Waals surface area contributed by atoms with Crippen LogP contribution in [0.2, 0.25) is 0 Å². The van der Waals surface area contributed by atoms with E-state index >= 15 is 0 Å². The molecule has 3 heteroatoms. The minimum Gasteiger partial charge on any atom is -0.202 e. The van der Waals surface area contributed by atoms with Crippen molar-refractivity contribution in [2.45, 2.75) is 6.54 Å². The van der Waals surface area contributed by atoms with E-state index in [2.05, 4.69) is 6.07 Å². The van der Waals surface area contributed by atoms with Crippen molar-refractivity contribution in [1.29, 1.82) is 5.26 Å². The summed E-state index contributed by atoms with van der Waals surface area (Å²) < 4.78 is 1.95. The number of rotatable bonds is 2. The first-order chi connectivity index (χ1) is 7.35. The molecular formula is C12H10ClN2+. The summed E-state index contributed by atoms with van der Waals surface area (Å²) in [6.45, 7) is 0.723. The zero-order chi connectivity index (χ0) is 10.7. The van der Waals surface area contributed by atoms with Gasteiger partial charge in [0.2, 0.25) is 0 Å². The normalized spacial score (nSPS) is 10.1. The molecule has 1 aromatic carbocycles. The lowest BCUT2D eigenvalue weighted by Gasteiger charge is -1.99. The van der Waals surface area contributed by atoms with Gasteiger partial charge in [-0.05, 0) is 6.07 Å². The van der Waals surface area contributed by atoms with Gasteiger partial charge in [-0.2, -0.15) is 5.26 Å². The molecule has 0 aliphatic heterocycles. The number of hydrogen-bond donors (Lipinski definition) is 0. The van der Waals surface area contributed by atoms with Gasteiger partial charge in [0.25, 0.3) is 0 Å². The summed E-state index contributed by atoms with van der Waals surface area (Å²) in [5.41, 5.74) is 0.693. The van der Waals surface area contributed by atoms with Crippen molar-refractivity contribution in [2.24, 2.45) is 0 Å². The van der Waals surface area contributed by atoms with Crippen LogP contribution in [-0.2, 0) is 6.54 Å². The van der Waals surface area contributed by atoms with Crippen LogP contribution in [0.25, 0.3) is 10.8 Å². The van der Waals surface area contributed by atoms with E-state index in [0.717, 1.165) is 17.3 Å². The quantitative estimate of drug-likeness (QED) is 0.560. The van der Waals surface area contributed by atoms with Gasteiger partial charge in [-0.25, -0.2) is 4.57 Å². The molecule has 2 rings (SSSR count). The van der Waals surface area contributed by atoms with Crippen LogP contribution in [0.4, 0.5) is 0 Å². The maximum absolute atomic E-state index is 9.03. The summed E-state index contributed by atoms with van der Waals surface area (Å²) in [6, 6.07) is 10.1. The van der Waals surface area contributed by atoms with Crippen LogP contribution in [0.3, 0.4) is 0 Å². The van der Waals surface area contributed by atoms with Gasteiger partial charge in [0, 0.05) is 10.8 Å². The van der Waals surface area contributed by atoms with Crippen molar-refractivity contribution >= 4 is 22.4 Å². The summed E-state index contributed by atoms with van der Waals surface area (Å²) in [5, 5.41) is 11.1. The number of aromatic nitrogens is 1. The Morgan fingerprint density at radius 2 is 2.07 bits per heavy atom. The molecule has 1 aromatic heterocycles. The maximum Gasteiger partial charge on any atom is 0.187 e. The Morgan fingerprint density at radius 1 is 1.27 bits per heavy atom. The van der Waals surface area contributed by atoms with E-state index in [9.17, 15) is 0 Å². The van der Waals surface area contributed by atoms with E-state index in [1.807, 2.05) is 41.2 Å². The minimum atomic E-state index is 0.549. The van der Waals surface area contributed by atoms with E-state index in [1.54, 1.807) is 0 Å². The lowest BCUT2D eigenvalue weighted by Crippen LogP contribution is -2.34. The molecule has 15 heavy (non-hydrogen) atoms. The van der Waals surface area contributed by atoms with Crippen molar-refractivity contribution in [3.8, 4) is 6.07 Å². The molecular weight excluding hydrogens is 208 g/mol. The number of benzene rings is 1. The van der Waals surface area contributed by atoms with Crippen molar-refractivity contribution in [1.82, 2.24) is 0 Å². The average molecular weight is 218 g/mol. The van der Waals surface area contributed by atoms with Crippen LogP contribution < -0.4 is 4.57 Å². The second-order valence-electron chi connectivity index (χ2n) is 3.30. The summed E-state index contributed by atoms with van der Waals surface area (Å²) in [7, 11) is 0. The Hall–Kier alpha value is -1.59. The molecule has 74 valence electrons. The molecule has 2 aromatic rings. The Kier molecular flexibility index (Phi) is 2.84. The van der Waals surface area contributed by atoms with Gasteiger partial charge in [0.1, 0.15) is 11.6 Å². The molecule has 0 fully saturated rings. The smallest absolute Gasteiger partial charge is 0.187 e. The average Bonchev–Trinajstić information content (AvgIpc) is 2.28. The second-order valence-corrected chi connectivity index (χ2v) is 3.68. The zero-order valence-corrected chi connectivity index (χ0v) is 8.91. The van der Waals surface area contributed by atoms with Gasteiger partial charge in [-0.15, -0.1) is 11.6 Å². The lowest BCUT2D eigenvalue weighted by molar-refractivity contribution is -0.691. The number of halogens is 1. The van der Waals surface area contributed by atoms with E-state index < -0.39 is 0 Å². The van der Waals surface area contributed by atoms with E-state index in [4.69, 9.17) is 16.9 Å². The number of fused-ring (bicyclic) bond motifs is 1. The fourth-order valence-corrected chi connectivity index (χ4v) is 1.82. The first-order valence-electron chi connectivity index (χ1n) is 4.73. The molecule has 0 spiro atoms. The van der Waals surface area contributed by atoms with Crippen molar-refractivity contribution in [3.05, 3.63) is 42.2 Å². The number of aryl methyl sites for hydroxylation is 1.